The van der Waals surface area contributed by atoms with Gasteiger partial charge in [-0.3, -0.25) is 4.68 Å². The number of esters is 1. The maximum absolute atomic E-state index is 12.5. The summed E-state index contributed by atoms with van der Waals surface area (Å²) in [6, 6.07) is 0. The van der Waals surface area contributed by atoms with E-state index in [2.05, 4.69) is 25.0 Å². The van der Waals surface area contributed by atoms with Gasteiger partial charge in [0.05, 0.1) is 6.61 Å². The molecule has 136 valence electrons. The lowest BCUT2D eigenvalue weighted by Gasteiger charge is -2.56. The summed E-state index contributed by atoms with van der Waals surface area (Å²) in [5.74, 6) is 1.24. The molecule has 2 fully saturated rings. The fourth-order valence-corrected chi connectivity index (χ4v) is 4.79. The molecule has 5 heteroatoms. The lowest BCUT2D eigenvalue weighted by atomic mass is 9.48. The van der Waals surface area contributed by atoms with Crippen molar-refractivity contribution < 1.29 is 14.3 Å². The Morgan fingerprint density at radius 2 is 2.32 bits per heavy atom. The lowest BCUT2D eigenvalue weighted by molar-refractivity contribution is -0.0103. The molecule has 2 bridgehead atoms. The molecule has 1 aliphatic heterocycles. The molecule has 3 aliphatic carbocycles. The number of fused-ring (bicyclic) bond motifs is 1. The smallest absolute Gasteiger partial charge is 0.341 e. The Morgan fingerprint density at radius 3 is 3.00 bits per heavy atom. The molecule has 1 saturated heterocycles. The van der Waals surface area contributed by atoms with Gasteiger partial charge < -0.3 is 9.47 Å². The molecule has 2 heterocycles. The maximum atomic E-state index is 12.5. The van der Waals surface area contributed by atoms with Crippen molar-refractivity contribution in [2.24, 2.45) is 24.3 Å². The van der Waals surface area contributed by atoms with Gasteiger partial charge in [-0.15, -0.1) is 0 Å². The third-order valence-electron chi connectivity index (χ3n) is 6.52. The first kappa shape index (κ1) is 16.8. The third-order valence-corrected chi connectivity index (χ3v) is 6.52. The van der Waals surface area contributed by atoms with Crippen LogP contribution in [0.5, 0.6) is 0 Å². The zero-order valence-electron chi connectivity index (χ0n) is 15.5. The molecule has 0 spiro atoms. The van der Waals surface area contributed by atoms with Crippen LogP contribution < -0.4 is 0 Å². The predicted molar refractivity (Wildman–Crippen MR) is 94.1 cm³/mol. The molecule has 1 unspecified atom stereocenters. The van der Waals surface area contributed by atoms with Gasteiger partial charge in [-0.1, -0.05) is 25.5 Å². The standard InChI is InChI=1S/C20H28N2O3/c1-20(2)14-7-6-13(16(20)11-14)8-10-25-19(23)15-12-22(3)21-18(15)17-5-4-9-24-17/h6,12,14,16-17H,4-5,7-11H2,1-3H3/t14-,16-,17?/m0/s1. The quantitative estimate of drug-likeness (QED) is 0.602. The molecular formula is C20H28N2O3. The largest absolute Gasteiger partial charge is 0.462 e. The molecule has 1 saturated carbocycles. The fourth-order valence-electron chi connectivity index (χ4n) is 4.79. The Balaban J connectivity index is 1.36. The normalized spacial score (nSPS) is 29.9. The summed E-state index contributed by atoms with van der Waals surface area (Å²) < 4.78 is 13.0. The van der Waals surface area contributed by atoms with Crippen LogP contribution >= 0.6 is 0 Å². The molecule has 4 aliphatic rings. The van der Waals surface area contributed by atoms with Gasteiger partial charge >= 0.3 is 5.97 Å². The first-order chi connectivity index (χ1) is 12.0. The van der Waals surface area contributed by atoms with E-state index in [-0.39, 0.29) is 12.1 Å². The average molecular weight is 344 g/mol. The summed E-state index contributed by atoms with van der Waals surface area (Å²) in [6.07, 6.45) is 9.32. The van der Waals surface area contributed by atoms with Gasteiger partial charge in [0.1, 0.15) is 17.4 Å². The van der Waals surface area contributed by atoms with Gasteiger partial charge in [0.2, 0.25) is 0 Å². The summed E-state index contributed by atoms with van der Waals surface area (Å²) in [4.78, 5) is 12.5. The number of allylic oxidation sites excluding steroid dienone is 1. The molecule has 25 heavy (non-hydrogen) atoms. The Hall–Kier alpha value is -1.62. The second-order valence-corrected chi connectivity index (χ2v) is 8.31. The summed E-state index contributed by atoms with van der Waals surface area (Å²) in [5, 5.41) is 4.43. The van der Waals surface area contributed by atoms with Crippen LogP contribution in [0.3, 0.4) is 0 Å². The van der Waals surface area contributed by atoms with Crippen molar-refractivity contribution in [1.29, 1.82) is 0 Å². The Bertz CT molecular complexity index is 698. The summed E-state index contributed by atoms with van der Waals surface area (Å²) in [5.41, 5.74) is 3.18. The monoisotopic (exact) mass is 344 g/mol. The van der Waals surface area contributed by atoms with Gasteiger partial charge in [-0.2, -0.15) is 5.10 Å². The van der Waals surface area contributed by atoms with E-state index in [4.69, 9.17) is 9.47 Å². The first-order valence-electron chi connectivity index (χ1n) is 9.48. The topological polar surface area (TPSA) is 53.4 Å². The Kier molecular flexibility index (Phi) is 4.22. The number of hydrogen-bond acceptors (Lipinski definition) is 4. The molecule has 0 aromatic carbocycles. The van der Waals surface area contributed by atoms with Crippen molar-refractivity contribution in [3.63, 3.8) is 0 Å². The average Bonchev–Trinajstić information content (AvgIpc) is 3.23. The molecule has 0 radical (unpaired) electrons. The van der Waals surface area contributed by atoms with Crippen molar-refractivity contribution in [2.45, 2.75) is 52.1 Å². The zero-order chi connectivity index (χ0) is 17.6. The third kappa shape index (κ3) is 2.92. The van der Waals surface area contributed by atoms with E-state index in [9.17, 15) is 4.79 Å². The van der Waals surface area contributed by atoms with Gasteiger partial charge in [-0.25, -0.2) is 4.79 Å². The van der Waals surface area contributed by atoms with Crippen LogP contribution in [0, 0.1) is 17.3 Å². The molecule has 0 amide bonds. The summed E-state index contributed by atoms with van der Waals surface area (Å²) >= 11 is 0. The molecule has 1 aromatic rings. The number of ether oxygens (including phenoxy) is 2. The number of nitrogens with zero attached hydrogens (tertiary/aromatic N) is 2. The molecule has 3 atom stereocenters. The van der Waals surface area contributed by atoms with Crippen LogP contribution in [0.4, 0.5) is 0 Å². The Morgan fingerprint density at radius 1 is 1.48 bits per heavy atom. The van der Waals surface area contributed by atoms with Crippen molar-refractivity contribution >= 4 is 5.97 Å². The number of carbonyl (C=O) groups is 1. The van der Waals surface area contributed by atoms with Crippen molar-refractivity contribution in [1.82, 2.24) is 9.78 Å². The van der Waals surface area contributed by atoms with Crippen molar-refractivity contribution in [3.05, 3.63) is 29.1 Å². The SMILES string of the molecule is Cn1cc(C(=O)OCCC2=CC[C@H]3C[C@@H]2C3(C)C)c(C2CCCO2)n1. The van der Waals surface area contributed by atoms with Crippen molar-refractivity contribution in [3.8, 4) is 0 Å². The van der Waals surface area contributed by atoms with E-state index in [0.717, 1.165) is 37.5 Å². The maximum Gasteiger partial charge on any atom is 0.341 e. The van der Waals surface area contributed by atoms with Crippen LogP contribution in [0.2, 0.25) is 0 Å². The molecule has 0 N–H and O–H groups in total. The van der Waals surface area contributed by atoms with Crippen molar-refractivity contribution in [2.75, 3.05) is 13.2 Å². The van der Waals surface area contributed by atoms with Gasteiger partial charge in [0.25, 0.3) is 0 Å². The van der Waals surface area contributed by atoms with Crippen LogP contribution in [-0.2, 0) is 16.5 Å². The molecule has 5 nitrogen and oxygen atoms in total. The molecular weight excluding hydrogens is 316 g/mol. The minimum Gasteiger partial charge on any atom is -0.462 e. The van der Waals surface area contributed by atoms with E-state index < -0.39 is 0 Å². The number of rotatable bonds is 5. The van der Waals surface area contributed by atoms with E-state index in [0.29, 0.717) is 23.5 Å². The number of aromatic nitrogens is 2. The minimum absolute atomic E-state index is 0.0717. The number of carbonyl (C=O) groups excluding carboxylic acids is 1. The van der Waals surface area contributed by atoms with Crippen LogP contribution in [0.1, 0.15) is 68.1 Å². The first-order valence-corrected chi connectivity index (χ1v) is 9.48. The van der Waals surface area contributed by atoms with Crippen LogP contribution in [-0.4, -0.2) is 29.0 Å². The fraction of sp³-hybridized carbons (Fsp3) is 0.700. The van der Waals surface area contributed by atoms with Gasteiger partial charge in [0, 0.05) is 26.3 Å². The van der Waals surface area contributed by atoms with E-state index in [1.165, 1.54) is 18.4 Å². The van der Waals surface area contributed by atoms with Gasteiger partial charge in [-0.05, 0) is 42.9 Å². The van der Waals surface area contributed by atoms with Crippen LogP contribution in [0.25, 0.3) is 0 Å². The molecule has 1 aromatic heterocycles. The highest BCUT2D eigenvalue weighted by Crippen LogP contribution is 2.59. The minimum atomic E-state index is -0.277. The lowest BCUT2D eigenvalue weighted by Crippen LogP contribution is -2.48. The van der Waals surface area contributed by atoms with E-state index in [1.807, 2.05) is 7.05 Å². The van der Waals surface area contributed by atoms with E-state index >= 15 is 0 Å². The zero-order valence-corrected chi connectivity index (χ0v) is 15.5. The highest BCUT2D eigenvalue weighted by molar-refractivity contribution is 5.90. The van der Waals surface area contributed by atoms with E-state index in [1.54, 1.807) is 10.9 Å². The van der Waals surface area contributed by atoms with Gasteiger partial charge in [0.15, 0.2) is 0 Å². The summed E-state index contributed by atoms with van der Waals surface area (Å²) in [6.45, 7) is 5.92. The second-order valence-electron chi connectivity index (χ2n) is 8.31. The molecule has 5 rings (SSSR count). The Labute approximate surface area is 149 Å². The number of hydrogen-bond donors (Lipinski definition) is 0. The van der Waals surface area contributed by atoms with Crippen LogP contribution in [0.15, 0.2) is 17.8 Å². The number of aryl methyl sites for hydroxylation is 1. The predicted octanol–water partition coefficient (Wildman–Crippen LogP) is 3.81. The highest BCUT2D eigenvalue weighted by atomic mass is 16.5. The summed E-state index contributed by atoms with van der Waals surface area (Å²) in [7, 11) is 1.83. The highest BCUT2D eigenvalue weighted by Gasteiger charge is 2.50. The second kappa shape index (κ2) is 6.27.